The van der Waals surface area contributed by atoms with Gasteiger partial charge in [0.15, 0.2) is 0 Å². The molecule has 0 aromatic heterocycles. The Labute approximate surface area is 196 Å². The third-order valence-electron chi connectivity index (χ3n) is 4.80. The van der Waals surface area contributed by atoms with Crippen LogP contribution in [0.15, 0.2) is 83.8 Å². The first-order valence-electron chi connectivity index (χ1n) is 10.1. The molecule has 0 saturated carbocycles. The Morgan fingerprint density at radius 2 is 1.58 bits per heavy atom. The van der Waals surface area contributed by atoms with Gasteiger partial charge >= 0.3 is 0 Å². The SMILES string of the molecule is CSc1ccc(C=C(C(=O)NCc2ccc(/C=C/C(=O)NO)cc2)c2ccc(F)cc2)cc1. The van der Waals surface area contributed by atoms with E-state index >= 15 is 0 Å². The van der Waals surface area contributed by atoms with Crippen LogP contribution in [0.2, 0.25) is 0 Å². The summed E-state index contributed by atoms with van der Waals surface area (Å²) >= 11 is 1.64. The second-order valence-electron chi connectivity index (χ2n) is 7.07. The minimum atomic E-state index is -0.616. The van der Waals surface area contributed by atoms with E-state index in [0.29, 0.717) is 17.7 Å². The molecule has 0 aliphatic carbocycles. The number of amides is 2. The highest BCUT2D eigenvalue weighted by atomic mass is 32.2. The van der Waals surface area contributed by atoms with Gasteiger partial charge in [-0.05, 0) is 64.9 Å². The van der Waals surface area contributed by atoms with Crippen LogP contribution >= 0.6 is 11.8 Å². The number of halogens is 1. The lowest BCUT2D eigenvalue weighted by atomic mass is 10.0. The topological polar surface area (TPSA) is 78.4 Å². The van der Waals surface area contributed by atoms with Gasteiger partial charge in [0, 0.05) is 23.1 Å². The van der Waals surface area contributed by atoms with Crippen LogP contribution < -0.4 is 10.8 Å². The van der Waals surface area contributed by atoms with Crippen LogP contribution in [0, 0.1) is 5.82 Å². The van der Waals surface area contributed by atoms with Gasteiger partial charge in [0.05, 0.1) is 0 Å². The molecule has 2 amide bonds. The summed E-state index contributed by atoms with van der Waals surface area (Å²) in [7, 11) is 0. The number of rotatable bonds is 8. The highest BCUT2D eigenvalue weighted by Gasteiger charge is 2.12. The van der Waals surface area contributed by atoms with Gasteiger partial charge < -0.3 is 5.32 Å². The molecule has 0 atom stereocenters. The quantitative estimate of drug-likeness (QED) is 0.146. The Balaban J connectivity index is 1.76. The summed E-state index contributed by atoms with van der Waals surface area (Å²) in [5.74, 6) is -1.26. The Morgan fingerprint density at radius 1 is 0.939 bits per heavy atom. The summed E-state index contributed by atoms with van der Waals surface area (Å²) in [5, 5.41) is 11.4. The number of benzene rings is 3. The molecule has 5 nitrogen and oxygen atoms in total. The number of carbonyl (C=O) groups excluding carboxylic acids is 2. The van der Waals surface area contributed by atoms with Crippen LogP contribution in [-0.2, 0) is 16.1 Å². The molecule has 3 aromatic rings. The number of nitrogens with one attached hydrogen (secondary N) is 2. The first-order valence-corrected chi connectivity index (χ1v) is 11.3. The van der Waals surface area contributed by atoms with Crippen LogP contribution in [0.3, 0.4) is 0 Å². The van der Waals surface area contributed by atoms with Crippen molar-refractivity contribution in [2.24, 2.45) is 0 Å². The molecule has 0 bridgehead atoms. The summed E-state index contributed by atoms with van der Waals surface area (Å²) in [6.45, 7) is 0.296. The van der Waals surface area contributed by atoms with Gasteiger partial charge in [-0.1, -0.05) is 48.5 Å². The zero-order valence-corrected chi connectivity index (χ0v) is 18.7. The zero-order chi connectivity index (χ0) is 23.6. The molecule has 3 aromatic carbocycles. The normalized spacial score (nSPS) is 11.4. The maximum Gasteiger partial charge on any atom is 0.267 e. The van der Waals surface area contributed by atoms with Crippen molar-refractivity contribution in [2.75, 3.05) is 6.26 Å². The van der Waals surface area contributed by atoms with E-state index in [4.69, 9.17) is 5.21 Å². The molecule has 0 heterocycles. The second kappa shape index (κ2) is 11.8. The Hall–Kier alpha value is -3.68. The standard InChI is InChI=1S/C26H23FN2O3S/c1-33-23-13-6-19(7-14-23)16-24(21-9-11-22(27)12-10-21)26(31)28-17-20-4-2-18(3-5-20)8-15-25(30)29-32/h2-16,32H,17H2,1H3,(H,28,31)(H,29,30)/b15-8+,24-16?. The van der Waals surface area contributed by atoms with Gasteiger partial charge in [-0.2, -0.15) is 0 Å². The molecular weight excluding hydrogens is 439 g/mol. The van der Waals surface area contributed by atoms with Gasteiger partial charge in [0.2, 0.25) is 0 Å². The van der Waals surface area contributed by atoms with E-state index in [1.54, 1.807) is 48.2 Å². The maximum absolute atomic E-state index is 13.4. The van der Waals surface area contributed by atoms with Gasteiger partial charge in [0.1, 0.15) is 5.82 Å². The number of hydrogen-bond acceptors (Lipinski definition) is 4. The molecule has 0 aliphatic heterocycles. The van der Waals surface area contributed by atoms with Crippen LogP contribution in [0.4, 0.5) is 4.39 Å². The van der Waals surface area contributed by atoms with Crippen molar-refractivity contribution < 1.29 is 19.2 Å². The number of hydroxylamine groups is 1. The summed E-state index contributed by atoms with van der Waals surface area (Å²) in [4.78, 5) is 25.2. The fraction of sp³-hybridized carbons (Fsp3) is 0.0769. The predicted octanol–water partition coefficient (Wildman–Crippen LogP) is 4.92. The smallest absolute Gasteiger partial charge is 0.267 e. The van der Waals surface area contributed by atoms with Gasteiger partial charge in [-0.15, -0.1) is 11.8 Å². The van der Waals surface area contributed by atoms with Crippen LogP contribution in [0.1, 0.15) is 22.3 Å². The van der Waals surface area contributed by atoms with E-state index in [1.807, 2.05) is 42.7 Å². The molecular formula is C26H23FN2O3S. The van der Waals surface area contributed by atoms with E-state index in [2.05, 4.69) is 5.32 Å². The Kier molecular flexibility index (Phi) is 8.57. The van der Waals surface area contributed by atoms with E-state index in [9.17, 15) is 14.0 Å². The Morgan fingerprint density at radius 3 is 2.18 bits per heavy atom. The lowest BCUT2D eigenvalue weighted by Crippen LogP contribution is -2.23. The first-order chi connectivity index (χ1) is 16.0. The second-order valence-corrected chi connectivity index (χ2v) is 7.95. The molecule has 0 fully saturated rings. The van der Waals surface area contributed by atoms with Crippen LogP contribution in [0.5, 0.6) is 0 Å². The molecule has 0 spiro atoms. The van der Waals surface area contributed by atoms with E-state index in [0.717, 1.165) is 21.6 Å². The molecule has 0 radical (unpaired) electrons. The number of hydrogen-bond donors (Lipinski definition) is 3. The van der Waals surface area contributed by atoms with E-state index in [1.165, 1.54) is 23.7 Å². The first kappa shape index (κ1) is 24.0. The number of carbonyl (C=O) groups is 2. The third kappa shape index (κ3) is 7.17. The molecule has 0 aliphatic rings. The molecule has 0 unspecified atom stereocenters. The lowest BCUT2D eigenvalue weighted by molar-refractivity contribution is -0.124. The monoisotopic (exact) mass is 462 g/mol. The fourth-order valence-electron chi connectivity index (χ4n) is 3.01. The highest BCUT2D eigenvalue weighted by Crippen LogP contribution is 2.22. The van der Waals surface area contributed by atoms with Crippen molar-refractivity contribution in [2.45, 2.75) is 11.4 Å². The highest BCUT2D eigenvalue weighted by molar-refractivity contribution is 7.98. The summed E-state index contributed by atoms with van der Waals surface area (Å²) in [6.07, 6.45) is 6.55. The van der Waals surface area contributed by atoms with E-state index < -0.39 is 5.91 Å². The lowest BCUT2D eigenvalue weighted by Gasteiger charge is -2.11. The summed E-state index contributed by atoms with van der Waals surface area (Å²) in [5.41, 5.74) is 5.09. The van der Waals surface area contributed by atoms with Crippen molar-refractivity contribution in [3.05, 3.63) is 107 Å². The van der Waals surface area contributed by atoms with Crippen molar-refractivity contribution in [3.8, 4) is 0 Å². The summed E-state index contributed by atoms with van der Waals surface area (Å²) in [6, 6.07) is 20.9. The third-order valence-corrected chi connectivity index (χ3v) is 5.54. The summed E-state index contributed by atoms with van der Waals surface area (Å²) < 4.78 is 13.4. The number of thioether (sulfide) groups is 1. The average molecular weight is 463 g/mol. The molecule has 3 N–H and O–H groups in total. The van der Waals surface area contributed by atoms with Crippen molar-refractivity contribution in [3.63, 3.8) is 0 Å². The molecule has 0 saturated heterocycles. The Bertz CT molecular complexity index is 1160. The fourth-order valence-corrected chi connectivity index (χ4v) is 3.42. The molecule has 3 rings (SSSR count). The average Bonchev–Trinajstić information content (AvgIpc) is 2.86. The minimum Gasteiger partial charge on any atom is -0.348 e. The van der Waals surface area contributed by atoms with Crippen molar-refractivity contribution in [1.82, 2.24) is 10.8 Å². The largest absolute Gasteiger partial charge is 0.348 e. The maximum atomic E-state index is 13.4. The van der Waals surface area contributed by atoms with Crippen LogP contribution in [0.25, 0.3) is 17.7 Å². The molecule has 168 valence electrons. The predicted molar refractivity (Wildman–Crippen MR) is 130 cm³/mol. The minimum absolute atomic E-state index is 0.279. The molecule has 33 heavy (non-hydrogen) atoms. The van der Waals surface area contributed by atoms with Crippen molar-refractivity contribution >= 4 is 41.3 Å². The molecule has 7 heteroatoms. The van der Waals surface area contributed by atoms with Gasteiger partial charge in [-0.3, -0.25) is 14.8 Å². The van der Waals surface area contributed by atoms with Gasteiger partial charge in [-0.25, -0.2) is 9.87 Å². The van der Waals surface area contributed by atoms with E-state index in [-0.39, 0.29) is 11.7 Å². The van der Waals surface area contributed by atoms with Crippen molar-refractivity contribution in [1.29, 1.82) is 0 Å². The van der Waals surface area contributed by atoms with Gasteiger partial charge in [0.25, 0.3) is 11.8 Å². The van der Waals surface area contributed by atoms with Crippen LogP contribution in [-0.4, -0.2) is 23.3 Å². The zero-order valence-electron chi connectivity index (χ0n) is 17.9.